The van der Waals surface area contributed by atoms with Gasteiger partial charge in [-0.15, -0.1) is 11.8 Å². The van der Waals surface area contributed by atoms with Crippen LogP contribution in [0.15, 0.2) is 39.9 Å². The van der Waals surface area contributed by atoms with Gasteiger partial charge in [0.15, 0.2) is 5.52 Å². The highest BCUT2D eigenvalue weighted by Crippen LogP contribution is 2.39. The van der Waals surface area contributed by atoms with Gasteiger partial charge in [-0.05, 0) is 40.5 Å². The second kappa shape index (κ2) is 10.3. The van der Waals surface area contributed by atoms with E-state index in [0.717, 1.165) is 5.56 Å². The quantitative estimate of drug-likeness (QED) is 0.152. The Bertz CT molecular complexity index is 1040. The van der Waals surface area contributed by atoms with Crippen LogP contribution in [-0.4, -0.2) is 34.4 Å². The number of nitro groups is 1. The molecule has 11 heteroatoms. The Morgan fingerprint density at radius 3 is 2.73 bits per heavy atom. The minimum atomic E-state index is -0.536. The number of aromatic nitrogens is 2. The smallest absolute Gasteiger partial charge is 0.323 e. The van der Waals surface area contributed by atoms with Crippen molar-refractivity contribution in [1.82, 2.24) is 10.3 Å². The average Bonchev–Trinajstić information content (AvgIpc) is 3.20. The Kier molecular flexibility index (Phi) is 7.47. The molecule has 1 aromatic heterocycles. The van der Waals surface area contributed by atoms with Crippen LogP contribution in [0.1, 0.15) is 25.3 Å². The van der Waals surface area contributed by atoms with Crippen molar-refractivity contribution in [1.29, 1.82) is 0 Å². The molecule has 2 aromatic carbocycles. The summed E-state index contributed by atoms with van der Waals surface area (Å²) in [5.41, 5.74) is 1.44. The van der Waals surface area contributed by atoms with Crippen molar-refractivity contribution in [3.05, 3.63) is 51.0 Å². The molecule has 0 radical (unpaired) electrons. The number of halogens is 1. The summed E-state index contributed by atoms with van der Waals surface area (Å²) in [7, 11) is 0. The zero-order chi connectivity index (χ0) is 21.5. The Hall–Kier alpha value is -2.85. The third-order valence-corrected chi connectivity index (χ3v) is 5.45. The van der Waals surface area contributed by atoms with Gasteiger partial charge in [0, 0.05) is 28.6 Å². The standard InChI is InChI=1S/C19H19ClN4O5S/c1-2-3-16(25)28-9-8-21-14-10-15(30-11-12-4-6-13(20)7-5-12)17-18(23-29-22-17)19(14)24(26)27/h4-7,10,21H,2-3,8-9,11H2,1H3. The van der Waals surface area contributed by atoms with Crippen molar-refractivity contribution < 1.29 is 19.1 Å². The maximum Gasteiger partial charge on any atom is 0.323 e. The van der Waals surface area contributed by atoms with Gasteiger partial charge in [-0.25, -0.2) is 4.63 Å². The summed E-state index contributed by atoms with van der Waals surface area (Å²) in [4.78, 5) is 23.2. The van der Waals surface area contributed by atoms with Crippen molar-refractivity contribution in [2.24, 2.45) is 0 Å². The predicted octanol–water partition coefficient (Wildman–Crippen LogP) is 4.83. The van der Waals surface area contributed by atoms with E-state index in [1.54, 1.807) is 18.2 Å². The van der Waals surface area contributed by atoms with Crippen molar-refractivity contribution in [3.63, 3.8) is 0 Å². The molecule has 9 nitrogen and oxygen atoms in total. The molecule has 0 aliphatic carbocycles. The number of benzene rings is 2. The van der Waals surface area contributed by atoms with Gasteiger partial charge >= 0.3 is 11.7 Å². The van der Waals surface area contributed by atoms with Gasteiger partial charge < -0.3 is 10.1 Å². The number of carbonyl (C=O) groups excluding carboxylic acids is 1. The SMILES string of the molecule is CCCC(=O)OCCNc1cc(SCc2ccc(Cl)cc2)c2nonc2c1[N+](=O)[O-]. The highest BCUT2D eigenvalue weighted by Gasteiger charge is 2.26. The maximum absolute atomic E-state index is 11.6. The summed E-state index contributed by atoms with van der Waals surface area (Å²) in [6, 6.07) is 9.05. The topological polar surface area (TPSA) is 120 Å². The lowest BCUT2D eigenvalue weighted by molar-refractivity contribution is -0.382. The number of anilines is 1. The molecule has 3 aromatic rings. The highest BCUT2D eigenvalue weighted by atomic mass is 35.5. The number of rotatable bonds is 10. The maximum atomic E-state index is 11.6. The van der Waals surface area contributed by atoms with Crippen LogP contribution in [0.25, 0.3) is 11.0 Å². The van der Waals surface area contributed by atoms with Gasteiger partial charge in [-0.2, -0.15) is 0 Å². The predicted molar refractivity (Wildman–Crippen MR) is 114 cm³/mol. The van der Waals surface area contributed by atoms with E-state index in [1.807, 2.05) is 19.1 Å². The summed E-state index contributed by atoms with van der Waals surface area (Å²) < 4.78 is 9.86. The molecule has 0 fully saturated rings. The number of ether oxygens (including phenoxy) is 1. The number of fused-ring (bicyclic) bond motifs is 1. The van der Waals surface area contributed by atoms with E-state index in [2.05, 4.69) is 15.6 Å². The van der Waals surface area contributed by atoms with E-state index < -0.39 is 4.92 Å². The number of nitrogens with one attached hydrogen (secondary N) is 1. The molecule has 0 aliphatic heterocycles. The zero-order valence-electron chi connectivity index (χ0n) is 16.1. The van der Waals surface area contributed by atoms with Crippen molar-refractivity contribution in [2.75, 3.05) is 18.5 Å². The van der Waals surface area contributed by atoms with Crippen LogP contribution >= 0.6 is 23.4 Å². The largest absolute Gasteiger partial charge is 0.464 e. The first-order chi connectivity index (χ1) is 14.5. The molecule has 0 amide bonds. The molecule has 0 aliphatic rings. The Morgan fingerprint density at radius 2 is 2.03 bits per heavy atom. The minimum Gasteiger partial charge on any atom is -0.464 e. The normalized spacial score (nSPS) is 10.9. The second-order valence-corrected chi connectivity index (χ2v) is 7.76. The fraction of sp³-hybridized carbons (Fsp3) is 0.316. The fourth-order valence-electron chi connectivity index (χ4n) is 2.70. The van der Waals surface area contributed by atoms with Crippen molar-refractivity contribution in [3.8, 4) is 0 Å². The van der Waals surface area contributed by atoms with Gasteiger partial charge in [-0.1, -0.05) is 30.7 Å². The number of nitro benzene ring substituents is 1. The summed E-state index contributed by atoms with van der Waals surface area (Å²) >= 11 is 7.36. The molecule has 0 saturated heterocycles. The number of nitrogens with zero attached hydrogens (tertiary/aromatic N) is 3. The lowest BCUT2D eigenvalue weighted by Gasteiger charge is -2.10. The van der Waals surface area contributed by atoms with Crippen LogP contribution in [0.5, 0.6) is 0 Å². The van der Waals surface area contributed by atoms with E-state index in [4.69, 9.17) is 21.0 Å². The van der Waals surface area contributed by atoms with E-state index in [9.17, 15) is 14.9 Å². The van der Waals surface area contributed by atoms with Gasteiger partial charge in [-0.3, -0.25) is 14.9 Å². The monoisotopic (exact) mass is 450 g/mol. The van der Waals surface area contributed by atoms with Crippen LogP contribution in [-0.2, 0) is 15.3 Å². The first-order valence-corrected chi connectivity index (χ1v) is 10.6. The van der Waals surface area contributed by atoms with E-state index in [1.165, 1.54) is 11.8 Å². The lowest BCUT2D eigenvalue weighted by Crippen LogP contribution is -2.14. The average molecular weight is 451 g/mol. The van der Waals surface area contributed by atoms with E-state index in [-0.39, 0.29) is 36.0 Å². The number of carbonyl (C=O) groups is 1. The van der Waals surface area contributed by atoms with Crippen LogP contribution in [0, 0.1) is 10.1 Å². The Labute approximate surface area is 181 Å². The third kappa shape index (κ3) is 5.39. The lowest BCUT2D eigenvalue weighted by atomic mass is 10.2. The van der Waals surface area contributed by atoms with Crippen molar-refractivity contribution >= 4 is 51.7 Å². The number of esters is 1. The summed E-state index contributed by atoms with van der Waals surface area (Å²) in [6.07, 6.45) is 1.03. The first-order valence-electron chi connectivity index (χ1n) is 9.20. The molecule has 0 bridgehead atoms. The zero-order valence-corrected chi connectivity index (χ0v) is 17.7. The van der Waals surface area contributed by atoms with E-state index in [0.29, 0.717) is 34.0 Å². The Balaban J connectivity index is 1.80. The third-order valence-electron chi connectivity index (χ3n) is 4.10. The van der Waals surface area contributed by atoms with Crippen LogP contribution in [0.3, 0.4) is 0 Å². The molecule has 0 unspecified atom stereocenters. The van der Waals surface area contributed by atoms with Crippen molar-refractivity contribution in [2.45, 2.75) is 30.4 Å². The summed E-state index contributed by atoms with van der Waals surface area (Å²) in [5.74, 6) is 0.300. The number of thioether (sulfide) groups is 1. The second-order valence-electron chi connectivity index (χ2n) is 6.30. The Morgan fingerprint density at radius 1 is 1.30 bits per heavy atom. The minimum absolute atomic E-state index is 0.0617. The van der Waals surface area contributed by atoms with Crippen LogP contribution in [0.2, 0.25) is 5.02 Å². The molecule has 1 N–H and O–H groups in total. The van der Waals surface area contributed by atoms with Crippen LogP contribution < -0.4 is 5.32 Å². The molecule has 158 valence electrons. The van der Waals surface area contributed by atoms with Gasteiger partial charge in [0.1, 0.15) is 12.3 Å². The van der Waals surface area contributed by atoms with E-state index >= 15 is 0 Å². The molecule has 0 spiro atoms. The van der Waals surface area contributed by atoms with Crippen LogP contribution in [0.4, 0.5) is 11.4 Å². The first kappa shape index (κ1) is 21.8. The number of hydrogen-bond donors (Lipinski definition) is 1. The molecular weight excluding hydrogens is 432 g/mol. The molecule has 30 heavy (non-hydrogen) atoms. The molecular formula is C19H19ClN4O5S. The molecule has 3 rings (SSSR count). The van der Waals surface area contributed by atoms with Gasteiger partial charge in [0.05, 0.1) is 4.92 Å². The molecule has 1 heterocycles. The number of hydrogen-bond acceptors (Lipinski definition) is 9. The highest BCUT2D eigenvalue weighted by molar-refractivity contribution is 7.98. The fourth-order valence-corrected chi connectivity index (χ4v) is 3.81. The van der Waals surface area contributed by atoms with Gasteiger partial charge in [0.2, 0.25) is 5.52 Å². The summed E-state index contributed by atoms with van der Waals surface area (Å²) in [5, 5.41) is 22.8. The molecule has 0 saturated carbocycles. The summed E-state index contributed by atoms with van der Waals surface area (Å²) in [6.45, 7) is 2.19. The molecule has 0 atom stereocenters. The van der Waals surface area contributed by atoms with Gasteiger partial charge in [0.25, 0.3) is 0 Å².